The minimum Gasteiger partial charge on any atom is -0.459 e. The predicted octanol–water partition coefficient (Wildman–Crippen LogP) is 3.55. The molecule has 1 amide bonds. The number of benzene rings is 1. The average molecular weight is 457 g/mol. The molecule has 1 N–H and O–H groups in total. The van der Waals surface area contributed by atoms with Crippen LogP contribution in [0.1, 0.15) is 36.4 Å². The monoisotopic (exact) mass is 456 g/mol. The van der Waals surface area contributed by atoms with E-state index in [-0.39, 0.29) is 17.0 Å². The number of hydrogen-bond acceptors (Lipinski definition) is 7. The van der Waals surface area contributed by atoms with Crippen LogP contribution in [0.3, 0.4) is 0 Å². The third-order valence-electron chi connectivity index (χ3n) is 5.54. The number of likely N-dealkylation sites (N-methyl/N-ethyl adjacent to an activating group) is 1. The zero-order chi connectivity index (χ0) is 23.3. The SMILES string of the molecule is CSCCC(NC(=O)c1ccco1)C(=O)OCC(=O)/C=C1\N(C)c2ccccc2C1(C)C. The van der Waals surface area contributed by atoms with Gasteiger partial charge in [0.05, 0.1) is 6.26 Å². The van der Waals surface area contributed by atoms with Gasteiger partial charge in [-0.3, -0.25) is 9.59 Å². The predicted molar refractivity (Wildman–Crippen MR) is 125 cm³/mol. The van der Waals surface area contributed by atoms with Gasteiger partial charge in [-0.15, -0.1) is 0 Å². The van der Waals surface area contributed by atoms with Crippen molar-refractivity contribution in [3.05, 3.63) is 65.8 Å². The Morgan fingerprint density at radius 1 is 1.22 bits per heavy atom. The van der Waals surface area contributed by atoms with Crippen molar-refractivity contribution in [1.82, 2.24) is 5.32 Å². The molecule has 32 heavy (non-hydrogen) atoms. The molecule has 1 aromatic carbocycles. The Hall–Kier alpha value is -3.00. The van der Waals surface area contributed by atoms with Crippen LogP contribution in [0.5, 0.6) is 0 Å². The lowest BCUT2D eigenvalue weighted by Crippen LogP contribution is -2.42. The molecule has 3 rings (SSSR count). The van der Waals surface area contributed by atoms with Crippen LogP contribution in [0.25, 0.3) is 0 Å². The molecule has 0 radical (unpaired) electrons. The molecule has 0 saturated heterocycles. The maximum Gasteiger partial charge on any atom is 0.329 e. The van der Waals surface area contributed by atoms with E-state index in [0.29, 0.717) is 12.2 Å². The number of ketones is 1. The van der Waals surface area contributed by atoms with Gasteiger partial charge in [-0.25, -0.2) is 4.79 Å². The lowest BCUT2D eigenvalue weighted by molar-refractivity contribution is -0.149. The van der Waals surface area contributed by atoms with E-state index in [4.69, 9.17) is 9.15 Å². The second kappa shape index (κ2) is 10.1. The van der Waals surface area contributed by atoms with E-state index in [2.05, 4.69) is 25.2 Å². The number of thioether (sulfide) groups is 1. The summed E-state index contributed by atoms with van der Waals surface area (Å²) in [5, 5.41) is 2.63. The number of anilines is 1. The van der Waals surface area contributed by atoms with Crippen LogP contribution in [0.2, 0.25) is 0 Å². The van der Waals surface area contributed by atoms with Gasteiger partial charge < -0.3 is 19.4 Å². The number of ether oxygens (including phenoxy) is 1. The molecule has 7 nitrogen and oxygen atoms in total. The number of allylic oxidation sites excluding steroid dienone is 1. The number of furan rings is 1. The van der Waals surface area contributed by atoms with E-state index in [1.54, 1.807) is 17.8 Å². The van der Waals surface area contributed by atoms with Crippen LogP contribution < -0.4 is 10.2 Å². The summed E-state index contributed by atoms with van der Waals surface area (Å²) >= 11 is 1.55. The van der Waals surface area contributed by atoms with Crippen molar-refractivity contribution in [2.75, 3.05) is 30.6 Å². The van der Waals surface area contributed by atoms with Crippen molar-refractivity contribution in [2.45, 2.75) is 31.7 Å². The zero-order valence-electron chi connectivity index (χ0n) is 18.7. The van der Waals surface area contributed by atoms with Gasteiger partial charge in [-0.1, -0.05) is 32.0 Å². The van der Waals surface area contributed by atoms with E-state index >= 15 is 0 Å². The van der Waals surface area contributed by atoms with Crippen LogP contribution in [0.4, 0.5) is 5.69 Å². The summed E-state index contributed by atoms with van der Waals surface area (Å²) in [6.07, 6.45) is 5.21. The smallest absolute Gasteiger partial charge is 0.329 e. The molecule has 1 aliphatic rings. The molecule has 1 unspecified atom stereocenters. The lowest BCUT2D eigenvalue weighted by Gasteiger charge is -2.24. The number of para-hydroxylation sites is 1. The minimum absolute atomic E-state index is 0.110. The van der Waals surface area contributed by atoms with Gasteiger partial charge in [-0.05, 0) is 42.2 Å². The van der Waals surface area contributed by atoms with Crippen LogP contribution >= 0.6 is 11.8 Å². The third kappa shape index (κ3) is 5.07. The maximum atomic E-state index is 12.6. The number of fused-ring (bicyclic) bond motifs is 1. The van der Waals surface area contributed by atoms with Gasteiger partial charge in [0.2, 0.25) is 0 Å². The number of amides is 1. The van der Waals surface area contributed by atoms with Crippen molar-refractivity contribution in [3.63, 3.8) is 0 Å². The lowest BCUT2D eigenvalue weighted by atomic mass is 9.83. The summed E-state index contributed by atoms with van der Waals surface area (Å²) in [5.74, 6) is -0.708. The second-order valence-corrected chi connectivity index (χ2v) is 9.08. The number of carbonyl (C=O) groups is 3. The highest BCUT2D eigenvalue weighted by Crippen LogP contribution is 2.46. The fourth-order valence-electron chi connectivity index (χ4n) is 3.82. The van der Waals surface area contributed by atoms with Crippen molar-refractivity contribution >= 4 is 35.1 Å². The highest BCUT2D eigenvalue weighted by atomic mass is 32.2. The quantitative estimate of drug-likeness (QED) is 0.456. The van der Waals surface area contributed by atoms with Gasteiger partial charge in [0.25, 0.3) is 5.91 Å². The van der Waals surface area contributed by atoms with E-state index < -0.39 is 24.5 Å². The molecule has 8 heteroatoms. The van der Waals surface area contributed by atoms with Crippen LogP contribution in [0.15, 0.2) is 58.9 Å². The Morgan fingerprint density at radius 2 is 1.97 bits per heavy atom. The molecule has 0 spiro atoms. The molecule has 1 aromatic heterocycles. The number of nitrogens with one attached hydrogen (secondary N) is 1. The fourth-order valence-corrected chi connectivity index (χ4v) is 4.29. The summed E-state index contributed by atoms with van der Waals surface area (Å²) in [6, 6.07) is 10.2. The van der Waals surface area contributed by atoms with E-state index in [9.17, 15) is 14.4 Å². The molecule has 1 atom stereocenters. The maximum absolute atomic E-state index is 12.6. The molecule has 2 heterocycles. The molecule has 0 bridgehead atoms. The van der Waals surface area contributed by atoms with Gasteiger partial charge in [-0.2, -0.15) is 11.8 Å². The van der Waals surface area contributed by atoms with Crippen molar-refractivity contribution in [3.8, 4) is 0 Å². The minimum atomic E-state index is -0.865. The summed E-state index contributed by atoms with van der Waals surface area (Å²) in [6.45, 7) is 3.72. The van der Waals surface area contributed by atoms with Gasteiger partial charge in [0, 0.05) is 29.9 Å². The Kier molecular flexibility index (Phi) is 7.45. The number of hydrogen-bond donors (Lipinski definition) is 1. The fraction of sp³-hybridized carbons (Fsp3) is 0.375. The average Bonchev–Trinajstić information content (AvgIpc) is 3.38. The van der Waals surface area contributed by atoms with E-state index in [0.717, 1.165) is 16.9 Å². The zero-order valence-corrected chi connectivity index (χ0v) is 19.5. The molecule has 1 aliphatic heterocycles. The van der Waals surface area contributed by atoms with Crippen molar-refractivity contribution in [2.24, 2.45) is 0 Å². The van der Waals surface area contributed by atoms with Crippen molar-refractivity contribution < 1.29 is 23.5 Å². The number of carbonyl (C=O) groups excluding carboxylic acids is 3. The summed E-state index contributed by atoms with van der Waals surface area (Å²) in [5.41, 5.74) is 2.68. The van der Waals surface area contributed by atoms with Gasteiger partial charge in [0.1, 0.15) is 6.04 Å². The van der Waals surface area contributed by atoms with E-state index in [1.807, 2.05) is 36.4 Å². The molecule has 170 valence electrons. The molecule has 2 aromatic rings. The highest BCUT2D eigenvalue weighted by Gasteiger charge is 2.38. The first-order valence-corrected chi connectivity index (χ1v) is 11.7. The second-order valence-electron chi connectivity index (χ2n) is 8.09. The first-order valence-electron chi connectivity index (χ1n) is 10.3. The Morgan fingerprint density at radius 3 is 2.62 bits per heavy atom. The molecular weight excluding hydrogens is 428 g/mol. The normalized spacial score (nSPS) is 16.5. The Balaban J connectivity index is 1.64. The molecule has 0 fully saturated rings. The summed E-state index contributed by atoms with van der Waals surface area (Å²) < 4.78 is 10.3. The standard InChI is InChI=1S/C24H28N2O5S/c1-24(2)17-8-5-6-9-19(17)26(3)21(24)14-16(27)15-31-23(29)18(11-13-32-4)25-22(28)20-10-7-12-30-20/h5-10,12,14,18H,11,13,15H2,1-4H3,(H,25,28)/b21-14-. The third-order valence-corrected chi connectivity index (χ3v) is 6.18. The molecule has 0 saturated carbocycles. The van der Waals surface area contributed by atoms with Crippen LogP contribution in [0, 0.1) is 0 Å². The molecular formula is C24H28N2O5S. The van der Waals surface area contributed by atoms with Gasteiger partial charge in [0.15, 0.2) is 18.2 Å². The molecule has 0 aliphatic carbocycles. The van der Waals surface area contributed by atoms with Gasteiger partial charge >= 0.3 is 5.97 Å². The largest absolute Gasteiger partial charge is 0.459 e. The number of rotatable bonds is 9. The summed E-state index contributed by atoms with van der Waals surface area (Å²) in [4.78, 5) is 39.5. The number of nitrogens with zero attached hydrogens (tertiary/aromatic N) is 1. The first kappa shape index (κ1) is 23.7. The topological polar surface area (TPSA) is 88.9 Å². The van der Waals surface area contributed by atoms with Crippen molar-refractivity contribution in [1.29, 1.82) is 0 Å². The Labute approximate surface area is 192 Å². The highest BCUT2D eigenvalue weighted by molar-refractivity contribution is 7.98. The van der Waals surface area contributed by atoms with Crippen LogP contribution in [-0.4, -0.2) is 49.4 Å². The van der Waals surface area contributed by atoms with Crippen LogP contribution in [-0.2, 0) is 19.7 Å². The Bertz CT molecular complexity index is 1010. The van der Waals surface area contributed by atoms with E-state index in [1.165, 1.54) is 18.4 Å². The first-order chi connectivity index (χ1) is 15.3. The number of esters is 1. The summed E-state index contributed by atoms with van der Waals surface area (Å²) in [7, 11) is 1.92.